The van der Waals surface area contributed by atoms with Gasteiger partial charge in [0.25, 0.3) is 0 Å². The molecule has 0 saturated heterocycles. The lowest BCUT2D eigenvalue weighted by Gasteiger charge is -2.04. The monoisotopic (exact) mass is 336 g/mol. The summed E-state index contributed by atoms with van der Waals surface area (Å²) >= 11 is 6.37. The van der Waals surface area contributed by atoms with Crippen molar-refractivity contribution in [3.05, 3.63) is 65.8 Å². The van der Waals surface area contributed by atoms with Gasteiger partial charge >= 0.3 is 0 Å². The van der Waals surface area contributed by atoms with Crippen LogP contribution in [0.5, 0.6) is 0 Å². The highest BCUT2D eigenvalue weighted by molar-refractivity contribution is 6.33. The van der Waals surface area contributed by atoms with Crippen molar-refractivity contribution >= 4 is 11.6 Å². The first-order valence-corrected chi connectivity index (χ1v) is 7.73. The van der Waals surface area contributed by atoms with E-state index in [0.717, 1.165) is 28.1 Å². The van der Waals surface area contributed by atoms with Gasteiger partial charge in [-0.1, -0.05) is 29.8 Å². The number of hydrogen-bond acceptors (Lipinski definition) is 4. The zero-order valence-electron chi connectivity index (χ0n) is 12.8. The minimum absolute atomic E-state index is 0.634. The number of hydrogen-bond donors (Lipinski definition) is 1. The zero-order chi connectivity index (χ0) is 16.5. The zero-order valence-corrected chi connectivity index (χ0v) is 13.6. The van der Waals surface area contributed by atoms with Gasteiger partial charge in [-0.2, -0.15) is 10.2 Å². The lowest BCUT2D eigenvalue weighted by atomic mass is 10.1. The van der Waals surface area contributed by atoms with Crippen LogP contribution in [0.25, 0.3) is 28.3 Å². The van der Waals surface area contributed by atoms with Crippen LogP contribution in [0.2, 0.25) is 5.02 Å². The molecule has 0 amide bonds. The van der Waals surface area contributed by atoms with E-state index in [1.54, 1.807) is 12.4 Å². The van der Waals surface area contributed by atoms with Crippen molar-refractivity contribution in [3.63, 3.8) is 0 Å². The molecule has 3 aromatic heterocycles. The molecule has 0 aliphatic carbocycles. The van der Waals surface area contributed by atoms with Gasteiger partial charge < -0.3 is 0 Å². The standard InChI is InChI=1S/C17H13ClN6/c1-11-8-19-7-6-15(11)24-9-13(17-20-10-21-22-17)16(23-24)12-4-2-3-5-14(12)18/h2-10H,1H3,(H,20,21,22). The second-order valence-electron chi connectivity index (χ2n) is 5.31. The summed E-state index contributed by atoms with van der Waals surface area (Å²) < 4.78 is 1.81. The second kappa shape index (κ2) is 5.90. The molecule has 6 nitrogen and oxygen atoms in total. The van der Waals surface area contributed by atoms with Crippen molar-refractivity contribution < 1.29 is 0 Å². The van der Waals surface area contributed by atoms with Crippen LogP contribution in [-0.4, -0.2) is 29.9 Å². The van der Waals surface area contributed by atoms with Crippen molar-refractivity contribution in [2.24, 2.45) is 0 Å². The second-order valence-corrected chi connectivity index (χ2v) is 5.72. The number of halogens is 1. The van der Waals surface area contributed by atoms with E-state index >= 15 is 0 Å². The normalized spacial score (nSPS) is 10.9. The van der Waals surface area contributed by atoms with Gasteiger partial charge in [-0.3, -0.25) is 10.1 Å². The Bertz CT molecular complexity index is 990. The van der Waals surface area contributed by atoms with E-state index in [1.165, 1.54) is 6.33 Å². The van der Waals surface area contributed by atoms with E-state index in [0.29, 0.717) is 10.8 Å². The van der Waals surface area contributed by atoms with E-state index in [-0.39, 0.29) is 0 Å². The molecule has 0 aliphatic rings. The molecule has 24 heavy (non-hydrogen) atoms. The van der Waals surface area contributed by atoms with Crippen LogP contribution in [0.15, 0.2) is 55.2 Å². The number of aryl methyl sites for hydroxylation is 1. The quantitative estimate of drug-likeness (QED) is 0.619. The maximum Gasteiger partial charge on any atom is 0.159 e. The van der Waals surface area contributed by atoms with Crippen molar-refractivity contribution in [2.45, 2.75) is 6.92 Å². The summed E-state index contributed by atoms with van der Waals surface area (Å²) in [6.07, 6.45) is 6.94. The van der Waals surface area contributed by atoms with Gasteiger partial charge in [0.05, 0.1) is 16.3 Å². The lowest BCUT2D eigenvalue weighted by Crippen LogP contribution is -1.98. The summed E-state index contributed by atoms with van der Waals surface area (Å²) in [7, 11) is 0. The number of pyridine rings is 1. The van der Waals surface area contributed by atoms with Gasteiger partial charge in [0, 0.05) is 24.2 Å². The molecule has 4 rings (SSSR count). The van der Waals surface area contributed by atoms with E-state index in [9.17, 15) is 0 Å². The van der Waals surface area contributed by atoms with Gasteiger partial charge in [-0.25, -0.2) is 9.67 Å². The third-order valence-electron chi connectivity index (χ3n) is 3.75. The van der Waals surface area contributed by atoms with Crippen LogP contribution in [0, 0.1) is 6.92 Å². The average Bonchev–Trinajstić information content (AvgIpc) is 3.25. The van der Waals surface area contributed by atoms with Crippen molar-refractivity contribution in [3.8, 4) is 28.3 Å². The first-order chi connectivity index (χ1) is 11.7. The van der Waals surface area contributed by atoms with E-state index < -0.39 is 0 Å². The molecule has 0 radical (unpaired) electrons. The molecular formula is C17H13ClN6. The fourth-order valence-corrected chi connectivity index (χ4v) is 2.81. The Kier molecular flexibility index (Phi) is 3.59. The minimum atomic E-state index is 0.634. The molecule has 7 heteroatoms. The molecule has 3 heterocycles. The predicted molar refractivity (Wildman–Crippen MR) is 91.9 cm³/mol. The molecule has 0 atom stereocenters. The Morgan fingerprint density at radius 2 is 2.00 bits per heavy atom. The Morgan fingerprint density at radius 3 is 2.75 bits per heavy atom. The number of benzene rings is 1. The van der Waals surface area contributed by atoms with Crippen molar-refractivity contribution in [1.29, 1.82) is 0 Å². The maximum absolute atomic E-state index is 6.37. The fraction of sp³-hybridized carbons (Fsp3) is 0.0588. The molecule has 0 unspecified atom stereocenters. The van der Waals surface area contributed by atoms with Crippen molar-refractivity contribution in [2.75, 3.05) is 0 Å². The highest BCUT2D eigenvalue weighted by atomic mass is 35.5. The van der Waals surface area contributed by atoms with Gasteiger partial charge in [0.15, 0.2) is 5.82 Å². The molecular weight excluding hydrogens is 324 g/mol. The first-order valence-electron chi connectivity index (χ1n) is 7.35. The Hall–Kier alpha value is -2.99. The number of nitrogens with zero attached hydrogens (tertiary/aromatic N) is 5. The van der Waals surface area contributed by atoms with Crippen LogP contribution < -0.4 is 0 Å². The van der Waals surface area contributed by atoms with Crippen LogP contribution in [0.1, 0.15) is 5.56 Å². The molecule has 0 bridgehead atoms. The molecule has 4 aromatic rings. The number of nitrogens with one attached hydrogen (secondary N) is 1. The van der Waals surface area contributed by atoms with E-state index in [1.807, 2.05) is 48.1 Å². The summed E-state index contributed by atoms with van der Waals surface area (Å²) in [6, 6.07) is 9.53. The van der Waals surface area contributed by atoms with Gasteiger partial charge in [0.1, 0.15) is 12.0 Å². The molecule has 0 fully saturated rings. The Balaban J connectivity index is 1.96. The molecule has 1 aromatic carbocycles. The van der Waals surface area contributed by atoms with Crippen LogP contribution >= 0.6 is 11.6 Å². The summed E-state index contributed by atoms with van der Waals surface area (Å²) in [6.45, 7) is 1.99. The summed E-state index contributed by atoms with van der Waals surface area (Å²) in [5.74, 6) is 0.642. The largest absolute Gasteiger partial charge is 0.264 e. The van der Waals surface area contributed by atoms with Crippen LogP contribution in [0.3, 0.4) is 0 Å². The average molecular weight is 337 g/mol. The number of aromatic amines is 1. The highest BCUT2D eigenvalue weighted by Crippen LogP contribution is 2.34. The topological polar surface area (TPSA) is 72.3 Å². The minimum Gasteiger partial charge on any atom is -0.264 e. The predicted octanol–water partition coefficient (Wildman–Crippen LogP) is 3.68. The summed E-state index contributed by atoms with van der Waals surface area (Å²) in [4.78, 5) is 8.39. The maximum atomic E-state index is 6.37. The third-order valence-corrected chi connectivity index (χ3v) is 4.08. The molecule has 0 saturated carbocycles. The highest BCUT2D eigenvalue weighted by Gasteiger charge is 2.18. The molecule has 118 valence electrons. The smallest absolute Gasteiger partial charge is 0.159 e. The van der Waals surface area contributed by atoms with Gasteiger partial charge in [-0.05, 0) is 24.6 Å². The van der Waals surface area contributed by atoms with Gasteiger partial charge in [-0.15, -0.1) is 0 Å². The Morgan fingerprint density at radius 1 is 1.12 bits per heavy atom. The molecule has 0 spiro atoms. The van der Waals surface area contributed by atoms with Crippen molar-refractivity contribution in [1.82, 2.24) is 29.9 Å². The summed E-state index contributed by atoms with van der Waals surface area (Å²) in [5.41, 5.74) is 4.39. The first kappa shape index (κ1) is 14.6. The number of H-pyrrole nitrogens is 1. The number of aromatic nitrogens is 6. The third kappa shape index (κ3) is 2.47. The Labute approximate surface area is 143 Å². The SMILES string of the molecule is Cc1cnccc1-n1cc(-c2ncn[nH]2)c(-c2ccccc2Cl)n1. The van der Waals surface area contributed by atoms with Gasteiger partial charge in [0.2, 0.25) is 0 Å². The van der Waals surface area contributed by atoms with E-state index in [2.05, 4.69) is 20.2 Å². The summed E-state index contributed by atoms with van der Waals surface area (Å²) in [5, 5.41) is 12.2. The molecule has 1 N–H and O–H groups in total. The van der Waals surface area contributed by atoms with E-state index in [4.69, 9.17) is 16.7 Å². The van der Waals surface area contributed by atoms with Crippen LogP contribution in [-0.2, 0) is 0 Å². The fourth-order valence-electron chi connectivity index (χ4n) is 2.58. The lowest BCUT2D eigenvalue weighted by molar-refractivity contribution is 0.872. The molecule has 0 aliphatic heterocycles. The number of rotatable bonds is 3. The van der Waals surface area contributed by atoms with Crippen LogP contribution in [0.4, 0.5) is 0 Å².